The second-order valence-corrected chi connectivity index (χ2v) is 4.58. The number of hydrogen-bond acceptors (Lipinski definition) is 3. The van der Waals surface area contributed by atoms with Crippen LogP contribution in [-0.4, -0.2) is 10.9 Å². The summed E-state index contributed by atoms with van der Waals surface area (Å²) in [6.07, 6.45) is 0. The standard InChI is InChI=1S/C12H12N2OS/c1-7-3-4-9(8(2)5-7)12-14-10(6-16-12)11(13)15/h3-6H,1-2H3,(H2,13,15). The zero-order chi connectivity index (χ0) is 11.7. The molecule has 2 aromatic rings. The first-order valence-electron chi connectivity index (χ1n) is 4.91. The highest BCUT2D eigenvalue weighted by atomic mass is 32.1. The Hall–Kier alpha value is -1.68. The van der Waals surface area contributed by atoms with Crippen molar-refractivity contribution in [1.29, 1.82) is 0 Å². The number of aromatic nitrogens is 1. The molecule has 1 aromatic carbocycles. The highest BCUT2D eigenvalue weighted by Crippen LogP contribution is 2.27. The zero-order valence-corrected chi connectivity index (χ0v) is 9.97. The van der Waals surface area contributed by atoms with Gasteiger partial charge in [0.15, 0.2) is 0 Å². The van der Waals surface area contributed by atoms with Crippen LogP contribution in [0.25, 0.3) is 10.6 Å². The van der Waals surface area contributed by atoms with E-state index in [4.69, 9.17) is 5.73 Å². The minimum Gasteiger partial charge on any atom is -0.364 e. The molecule has 1 heterocycles. The van der Waals surface area contributed by atoms with E-state index >= 15 is 0 Å². The van der Waals surface area contributed by atoms with Crippen LogP contribution >= 0.6 is 11.3 Å². The summed E-state index contributed by atoms with van der Waals surface area (Å²) in [4.78, 5) is 15.2. The highest BCUT2D eigenvalue weighted by Gasteiger charge is 2.10. The van der Waals surface area contributed by atoms with Gasteiger partial charge in [0.2, 0.25) is 0 Å². The fourth-order valence-electron chi connectivity index (χ4n) is 1.56. The SMILES string of the molecule is Cc1ccc(-c2nc(C(N)=O)cs2)c(C)c1. The maximum Gasteiger partial charge on any atom is 0.268 e. The molecule has 2 N–H and O–H groups in total. The van der Waals surface area contributed by atoms with Crippen LogP contribution in [0, 0.1) is 13.8 Å². The number of primary amides is 1. The number of hydrogen-bond donors (Lipinski definition) is 1. The summed E-state index contributed by atoms with van der Waals surface area (Å²) in [5, 5.41) is 2.53. The van der Waals surface area contributed by atoms with Crippen LogP contribution in [0.3, 0.4) is 0 Å². The van der Waals surface area contributed by atoms with Gasteiger partial charge in [0.1, 0.15) is 10.7 Å². The van der Waals surface area contributed by atoms with Gasteiger partial charge >= 0.3 is 0 Å². The fraction of sp³-hybridized carbons (Fsp3) is 0.167. The van der Waals surface area contributed by atoms with E-state index in [0.717, 1.165) is 16.1 Å². The lowest BCUT2D eigenvalue weighted by Gasteiger charge is -2.02. The third kappa shape index (κ3) is 1.97. The number of carbonyl (C=O) groups excluding carboxylic acids is 1. The summed E-state index contributed by atoms with van der Waals surface area (Å²) in [6.45, 7) is 4.08. The van der Waals surface area contributed by atoms with E-state index in [9.17, 15) is 4.79 Å². The number of rotatable bonds is 2. The second kappa shape index (κ2) is 4.06. The number of nitrogens with two attached hydrogens (primary N) is 1. The molecule has 0 atom stereocenters. The molecule has 0 saturated carbocycles. The largest absolute Gasteiger partial charge is 0.364 e. The molecular formula is C12H12N2OS. The number of aryl methyl sites for hydroxylation is 2. The maximum absolute atomic E-state index is 11.0. The molecule has 2 rings (SSSR count). The lowest BCUT2D eigenvalue weighted by Crippen LogP contribution is -2.10. The maximum atomic E-state index is 11.0. The van der Waals surface area contributed by atoms with Gasteiger partial charge < -0.3 is 5.73 Å². The first kappa shape index (κ1) is 10.8. The average Bonchev–Trinajstić information content (AvgIpc) is 2.66. The number of benzene rings is 1. The van der Waals surface area contributed by atoms with Gasteiger partial charge in [0.25, 0.3) is 5.91 Å². The van der Waals surface area contributed by atoms with Crippen molar-refractivity contribution in [2.45, 2.75) is 13.8 Å². The lowest BCUT2D eigenvalue weighted by atomic mass is 10.1. The summed E-state index contributed by atoms with van der Waals surface area (Å²) in [6, 6.07) is 6.16. The van der Waals surface area contributed by atoms with E-state index < -0.39 is 5.91 Å². The Morgan fingerprint density at radius 1 is 1.38 bits per heavy atom. The number of carbonyl (C=O) groups is 1. The van der Waals surface area contributed by atoms with Crippen molar-refractivity contribution in [3.8, 4) is 10.6 Å². The van der Waals surface area contributed by atoms with Crippen LogP contribution in [0.15, 0.2) is 23.6 Å². The van der Waals surface area contributed by atoms with Crippen molar-refractivity contribution in [3.05, 3.63) is 40.4 Å². The van der Waals surface area contributed by atoms with Crippen LogP contribution < -0.4 is 5.73 Å². The van der Waals surface area contributed by atoms with Crippen molar-refractivity contribution in [2.75, 3.05) is 0 Å². The van der Waals surface area contributed by atoms with Gasteiger partial charge in [0, 0.05) is 10.9 Å². The van der Waals surface area contributed by atoms with Gasteiger partial charge in [0.05, 0.1) is 0 Å². The van der Waals surface area contributed by atoms with Gasteiger partial charge in [-0.2, -0.15) is 0 Å². The Balaban J connectivity index is 2.46. The third-order valence-electron chi connectivity index (χ3n) is 2.37. The van der Waals surface area contributed by atoms with Gasteiger partial charge in [-0.3, -0.25) is 4.79 Å². The minimum atomic E-state index is -0.479. The average molecular weight is 232 g/mol. The lowest BCUT2D eigenvalue weighted by molar-refractivity contribution is 0.0996. The summed E-state index contributed by atoms with van der Waals surface area (Å²) in [5.41, 5.74) is 8.94. The first-order chi connectivity index (χ1) is 7.58. The molecule has 0 saturated heterocycles. The van der Waals surface area contributed by atoms with E-state index in [-0.39, 0.29) is 0 Å². The van der Waals surface area contributed by atoms with Crippen LogP contribution in [0.1, 0.15) is 21.6 Å². The predicted octanol–water partition coefficient (Wildman–Crippen LogP) is 2.53. The van der Waals surface area contributed by atoms with Gasteiger partial charge in [-0.05, 0) is 19.4 Å². The molecule has 0 unspecified atom stereocenters. The summed E-state index contributed by atoms with van der Waals surface area (Å²) >= 11 is 1.44. The summed E-state index contributed by atoms with van der Waals surface area (Å²) in [5.74, 6) is -0.479. The quantitative estimate of drug-likeness (QED) is 0.865. The Kier molecular flexibility index (Phi) is 2.75. The molecule has 82 valence electrons. The first-order valence-corrected chi connectivity index (χ1v) is 5.79. The Morgan fingerprint density at radius 2 is 2.12 bits per heavy atom. The highest BCUT2D eigenvalue weighted by molar-refractivity contribution is 7.13. The van der Waals surface area contributed by atoms with Gasteiger partial charge in [-0.25, -0.2) is 4.98 Å². The molecular weight excluding hydrogens is 220 g/mol. The Morgan fingerprint density at radius 3 is 2.69 bits per heavy atom. The van der Waals surface area contributed by atoms with Crippen molar-refractivity contribution in [3.63, 3.8) is 0 Å². The molecule has 4 heteroatoms. The van der Waals surface area contributed by atoms with Crippen molar-refractivity contribution in [1.82, 2.24) is 4.98 Å². The summed E-state index contributed by atoms with van der Waals surface area (Å²) < 4.78 is 0. The Labute approximate surface area is 97.9 Å². The predicted molar refractivity (Wildman–Crippen MR) is 65.5 cm³/mol. The molecule has 3 nitrogen and oxygen atoms in total. The zero-order valence-electron chi connectivity index (χ0n) is 9.15. The normalized spacial score (nSPS) is 10.4. The molecule has 0 radical (unpaired) electrons. The van der Waals surface area contributed by atoms with E-state index in [1.165, 1.54) is 16.9 Å². The van der Waals surface area contributed by atoms with E-state index in [1.54, 1.807) is 5.38 Å². The van der Waals surface area contributed by atoms with E-state index in [1.807, 2.05) is 26.0 Å². The van der Waals surface area contributed by atoms with Crippen LogP contribution in [0.2, 0.25) is 0 Å². The van der Waals surface area contributed by atoms with Gasteiger partial charge in [-0.15, -0.1) is 11.3 Å². The molecule has 16 heavy (non-hydrogen) atoms. The minimum absolute atomic E-state index is 0.333. The molecule has 0 fully saturated rings. The molecule has 0 spiro atoms. The van der Waals surface area contributed by atoms with Crippen molar-refractivity contribution in [2.24, 2.45) is 5.73 Å². The molecule has 1 amide bonds. The topological polar surface area (TPSA) is 56.0 Å². The smallest absolute Gasteiger partial charge is 0.268 e. The Bertz CT molecular complexity index is 546. The van der Waals surface area contributed by atoms with Gasteiger partial charge in [-0.1, -0.05) is 23.8 Å². The number of amides is 1. The second-order valence-electron chi connectivity index (χ2n) is 3.72. The van der Waals surface area contributed by atoms with E-state index in [2.05, 4.69) is 11.1 Å². The van der Waals surface area contributed by atoms with E-state index in [0.29, 0.717) is 5.69 Å². The molecule has 0 aliphatic carbocycles. The molecule has 0 bridgehead atoms. The molecule has 0 aliphatic rings. The van der Waals surface area contributed by atoms with Crippen molar-refractivity contribution < 1.29 is 4.79 Å². The molecule has 1 aromatic heterocycles. The number of nitrogens with zero attached hydrogens (tertiary/aromatic N) is 1. The third-order valence-corrected chi connectivity index (χ3v) is 3.24. The fourth-order valence-corrected chi connectivity index (χ4v) is 2.46. The number of thiazole rings is 1. The molecule has 0 aliphatic heterocycles. The monoisotopic (exact) mass is 232 g/mol. The summed E-state index contributed by atoms with van der Waals surface area (Å²) in [7, 11) is 0. The van der Waals surface area contributed by atoms with Crippen molar-refractivity contribution >= 4 is 17.2 Å². The van der Waals surface area contributed by atoms with Crippen LogP contribution in [0.5, 0.6) is 0 Å². The van der Waals surface area contributed by atoms with Crippen LogP contribution in [-0.2, 0) is 0 Å². The van der Waals surface area contributed by atoms with Crippen LogP contribution in [0.4, 0.5) is 0 Å².